The Morgan fingerprint density at radius 3 is 3.06 bits per heavy atom. The van der Waals surface area contributed by atoms with Gasteiger partial charge >= 0.3 is 7.12 Å². The van der Waals surface area contributed by atoms with Crippen molar-refractivity contribution >= 4 is 12.6 Å². The van der Waals surface area contributed by atoms with Gasteiger partial charge in [-0.2, -0.15) is 0 Å². The molecule has 1 aromatic carbocycles. The van der Waals surface area contributed by atoms with E-state index in [9.17, 15) is 0 Å². The maximum Gasteiger partial charge on any atom is 0.499 e. The Kier molecular flexibility index (Phi) is 3.28. The van der Waals surface area contributed by atoms with E-state index in [4.69, 9.17) is 14.0 Å². The minimum atomic E-state index is -0.285. The van der Waals surface area contributed by atoms with Crippen molar-refractivity contribution in [3.63, 3.8) is 0 Å². The third kappa shape index (κ3) is 1.83. The van der Waals surface area contributed by atoms with Gasteiger partial charge in [0.1, 0.15) is 18.6 Å². The maximum absolute atomic E-state index is 5.92. The molecule has 0 amide bonds. The van der Waals surface area contributed by atoms with Gasteiger partial charge in [-0.1, -0.05) is 19.4 Å². The van der Waals surface area contributed by atoms with Gasteiger partial charge in [0.2, 0.25) is 0 Å². The fraction of sp³-hybridized carbons (Fsp3) is 0.538. The molecular formula is C13H18BNO3. The van der Waals surface area contributed by atoms with E-state index in [1.165, 1.54) is 11.1 Å². The third-order valence-corrected chi connectivity index (χ3v) is 3.49. The predicted molar refractivity (Wildman–Crippen MR) is 70.2 cm³/mol. The average molecular weight is 247 g/mol. The number of nitrogens with one attached hydrogen (secondary N) is 1. The topological polar surface area (TPSA) is 39.7 Å². The first-order valence-electron chi connectivity index (χ1n) is 6.58. The molecule has 0 fully saturated rings. The Balaban J connectivity index is 2.12. The fourth-order valence-electron chi connectivity index (χ4n) is 2.73. The molecule has 2 heterocycles. The summed E-state index contributed by atoms with van der Waals surface area (Å²) in [6, 6.07) is 4.20. The summed E-state index contributed by atoms with van der Waals surface area (Å²) in [6.45, 7) is 3.34. The highest BCUT2D eigenvalue weighted by atomic mass is 16.6. The van der Waals surface area contributed by atoms with E-state index < -0.39 is 0 Å². The molecule has 4 nitrogen and oxygen atoms in total. The van der Waals surface area contributed by atoms with E-state index in [-0.39, 0.29) is 13.3 Å². The van der Waals surface area contributed by atoms with Gasteiger partial charge in [-0.05, 0) is 25.1 Å². The largest absolute Gasteiger partial charge is 0.499 e. The molecule has 2 aliphatic heterocycles. The Bertz CT molecular complexity index is 452. The van der Waals surface area contributed by atoms with Gasteiger partial charge in [0.05, 0.1) is 6.61 Å². The second kappa shape index (κ2) is 4.92. The summed E-state index contributed by atoms with van der Waals surface area (Å²) in [7, 11) is 1.62. The van der Waals surface area contributed by atoms with Crippen LogP contribution in [0.4, 0.5) is 0 Å². The first-order chi connectivity index (χ1) is 8.85. The SMILES string of the molecule is CCCc1ccc2c3c1[C@@H](NC)OB3OCCO2. The van der Waals surface area contributed by atoms with Crippen LogP contribution >= 0.6 is 0 Å². The van der Waals surface area contributed by atoms with Gasteiger partial charge in [0.25, 0.3) is 0 Å². The fourth-order valence-corrected chi connectivity index (χ4v) is 2.73. The zero-order chi connectivity index (χ0) is 12.5. The summed E-state index contributed by atoms with van der Waals surface area (Å²) in [5.41, 5.74) is 3.62. The van der Waals surface area contributed by atoms with Crippen LogP contribution in [0.1, 0.15) is 30.7 Å². The molecule has 1 N–H and O–H groups in total. The molecule has 2 aliphatic rings. The summed E-state index contributed by atoms with van der Waals surface area (Å²) in [5, 5.41) is 3.20. The van der Waals surface area contributed by atoms with Gasteiger partial charge in [-0.15, -0.1) is 0 Å². The van der Waals surface area contributed by atoms with Crippen LogP contribution in [0.3, 0.4) is 0 Å². The number of rotatable bonds is 3. The van der Waals surface area contributed by atoms with Crippen molar-refractivity contribution in [1.82, 2.24) is 5.32 Å². The summed E-state index contributed by atoms with van der Waals surface area (Å²) in [5.74, 6) is 0.908. The third-order valence-electron chi connectivity index (χ3n) is 3.49. The maximum atomic E-state index is 5.92. The standard InChI is InChI=1S/C13H18BNO3/c1-3-4-9-5-6-10-12-11(9)13(15-2)18-14(12)17-8-7-16-10/h5-6,13,15H,3-4,7-8H2,1-2H3/t13-/m0/s1. The molecule has 0 unspecified atom stereocenters. The molecule has 0 aromatic heterocycles. The lowest BCUT2D eigenvalue weighted by Crippen LogP contribution is -2.32. The van der Waals surface area contributed by atoms with Crippen LogP contribution < -0.4 is 15.5 Å². The summed E-state index contributed by atoms with van der Waals surface area (Å²) in [4.78, 5) is 0. The van der Waals surface area contributed by atoms with E-state index in [1.54, 1.807) is 0 Å². The van der Waals surface area contributed by atoms with Crippen molar-refractivity contribution in [3.05, 3.63) is 23.3 Å². The average Bonchev–Trinajstić information content (AvgIpc) is 2.64. The Morgan fingerprint density at radius 1 is 1.39 bits per heavy atom. The number of benzene rings is 1. The van der Waals surface area contributed by atoms with Crippen LogP contribution in [0.25, 0.3) is 0 Å². The molecule has 0 bridgehead atoms. The molecule has 96 valence electrons. The van der Waals surface area contributed by atoms with Gasteiger partial charge in [-0.25, -0.2) is 0 Å². The van der Waals surface area contributed by atoms with Crippen molar-refractivity contribution in [2.45, 2.75) is 26.0 Å². The zero-order valence-electron chi connectivity index (χ0n) is 10.9. The summed E-state index contributed by atoms with van der Waals surface area (Å²) >= 11 is 0. The highest BCUT2D eigenvalue weighted by molar-refractivity contribution is 6.64. The summed E-state index contributed by atoms with van der Waals surface area (Å²) < 4.78 is 17.4. The van der Waals surface area contributed by atoms with Crippen molar-refractivity contribution in [2.75, 3.05) is 20.3 Å². The quantitative estimate of drug-likeness (QED) is 0.808. The van der Waals surface area contributed by atoms with Crippen molar-refractivity contribution in [3.8, 4) is 5.75 Å². The Morgan fingerprint density at radius 2 is 2.28 bits per heavy atom. The minimum Gasteiger partial charge on any atom is -0.492 e. The second-order valence-corrected chi connectivity index (χ2v) is 4.66. The minimum absolute atomic E-state index is 0.0896. The molecule has 18 heavy (non-hydrogen) atoms. The first-order valence-corrected chi connectivity index (χ1v) is 6.58. The van der Waals surface area contributed by atoms with E-state index in [0.717, 1.165) is 24.1 Å². The molecule has 1 atom stereocenters. The van der Waals surface area contributed by atoms with Gasteiger partial charge in [-0.3, -0.25) is 5.32 Å². The first kappa shape index (κ1) is 12.0. The van der Waals surface area contributed by atoms with Crippen LogP contribution in [0, 0.1) is 0 Å². The van der Waals surface area contributed by atoms with E-state index in [2.05, 4.69) is 18.3 Å². The van der Waals surface area contributed by atoms with Crippen molar-refractivity contribution in [1.29, 1.82) is 0 Å². The lowest BCUT2D eigenvalue weighted by Gasteiger charge is -2.16. The molecular weight excluding hydrogens is 229 g/mol. The molecule has 5 heteroatoms. The number of hydrogen-bond donors (Lipinski definition) is 1. The van der Waals surface area contributed by atoms with Crippen LogP contribution in [-0.2, 0) is 15.7 Å². The highest BCUT2D eigenvalue weighted by Gasteiger charge is 2.42. The lowest BCUT2D eigenvalue weighted by molar-refractivity contribution is 0.127. The van der Waals surface area contributed by atoms with Crippen molar-refractivity contribution in [2.24, 2.45) is 0 Å². The monoisotopic (exact) mass is 247 g/mol. The van der Waals surface area contributed by atoms with E-state index in [1.807, 2.05) is 13.1 Å². The van der Waals surface area contributed by atoms with Gasteiger partial charge in [0.15, 0.2) is 0 Å². The molecule has 0 saturated heterocycles. The molecule has 0 saturated carbocycles. The molecule has 0 radical (unpaired) electrons. The lowest BCUT2D eigenvalue weighted by atomic mass is 9.76. The molecule has 1 aromatic rings. The van der Waals surface area contributed by atoms with Crippen LogP contribution in [0.5, 0.6) is 5.75 Å². The molecule has 0 aliphatic carbocycles. The van der Waals surface area contributed by atoms with E-state index in [0.29, 0.717) is 13.2 Å². The van der Waals surface area contributed by atoms with Crippen LogP contribution in [0.15, 0.2) is 12.1 Å². The van der Waals surface area contributed by atoms with E-state index >= 15 is 0 Å². The summed E-state index contributed by atoms with van der Waals surface area (Å²) in [6.07, 6.45) is 2.08. The number of aryl methyl sites for hydroxylation is 1. The van der Waals surface area contributed by atoms with Gasteiger partial charge < -0.3 is 14.0 Å². The van der Waals surface area contributed by atoms with Crippen LogP contribution in [0.2, 0.25) is 0 Å². The molecule has 0 spiro atoms. The molecule has 3 rings (SSSR count). The smallest absolute Gasteiger partial charge is 0.492 e. The highest BCUT2D eigenvalue weighted by Crippen LogP contribution is 2.31. The number of hydrogen-bond acceptors (Lipinski definition) is 4. The predicted octanol–water partition coefficient (Wildman–Crippen LogP) is 0.991. The zero-order valence-corrected chi connectivity index (χ0v) is 10.9. The van der Waals surface area contributed by atoms with Crippen molar-refractivity contribution < 1.29 is 14.0 Å². The van der Waals surface area contributed by atoms with Gasteiger partial charge in [0, 0.05) is 11.0 Å². The second-order valence-electron chi connectivity index (χ2n) is 4.66. The number of ether oxygens (including phenoxy) is 1. The van der Waals surface area contributed by atoms with Crippen LogP contribution in [-0.4, -0.2) is 27.4 Å². The normalized spacial score (nSPS) is 21.4. The Hall–Kier alpha value is -1.04. The Labute approximate surface area is 108 Å².